The number of halogens is 2. The van der Waals surface area contributed by atoms with Crippen molar-refractivity contribution in [2.24, 2.45) is 0 Å². The first-order chi connectivity index (χ1) is 16.2. The summed E-state index contributed by atoms with van der Waals surface area (Å²) in [6.07, 6.45) is -0.599. The number of fused-ring (bicyclic) bond motifs is 1. The van der Waals surface area contributed by atoms with Gasteiger partial charge in [0.05, 0.1) is 5.56 Å². The molecule has 0 aliphatic carbocycles. The lowest BCUT2D eigenvalue weighted by atomic mass is 10.0. The van der Waals surface area contributed by atoms with Crippen LogP contribution in [0.1, 0.15) is 27.7 Å². The number of aryl methyl sites for hydroxylation is 1. The third-order valence-corrected chi connectivity index (χ3v) is 6.18. The second kappa shape index (κ2) is 9.95. The van der Waals surface area contributed by atoms with E-state index in [4.69, 9.17) is 16.3 Å². The summed E-state index contributed by atoms with van der Waals surface area (Å²) in [6, 6.07) is 18.4. The van der Waals surface area contributed by atoms with E-state index in [0.29, 0.717) is 22.0 Å². The first-order valence-corrected chi connectivity index (χ1v) is 11.8. The molecule has 3 aromatic rings. The molecular formula is C25H24BrClN4O3. The Kier molecular flexibility index (Phi) is 7.00. The molecule has 0 radical (unpaired) electrons. The maximum Gasteiger partial charge on any atom is 0.276 e. The fourth-order valence-corrected chi connectivity index (χ4v) is 4.25. The van der Waals surface area contributed by atoms with Crippen molar-refractivity contribution < 1.29 is 14.3 Å². The highest BCUT2D eigenvalue weighted by atomic mass is 79.9. The molecule has 0 saturated heterocycles. The summed E-state index contributed by atoms with van der Waals surface area (Å²) in [5, 5.41) is 5.26. The Morgan fingerprint density at radius 3 is 2.56 bits per heavy atom. The van der Waals surface area contributed by atoms with Gasteiger partial charge in [-0.05, 0) is 66.6 Å². The summed E-state index contributed by atoms with van der Waals surface area (Å²) in [5.41, 5.74) is 6.52. The SMILES string of the molecule is Cc1cc(Cl)ccc1OCC(=O)NN1C(=O)c2cc(Br)ccc2NC1c1ccc(N(C)C)cc1. The van der Waals surface area contributed by atoms with Gasteiger partial charge < -0.3 is 15.0 Å². The second-order valence-electron chi connectivity index (χ2n) is 8.13. The fourth-order valence-electron chi connectivity index (χ4n) is 3.67. The summed E-state index contributed by atoms with van der Waals surface area (Å²) in [6.45, 7) is 1.59. The molecule has 0 spiro atoms. The van der Waals surface area contributed by atoms with Crippen molar-refractivity contribution in [2.75, 3.05) is 30.9 Å². The lowest BCUT2D eigenvalue weighted by molar-refractivity contribution is -0.127. The first-order valence-electron chi connectivity index (χ1n) is 10.6. The van der Waals surface area contributed by atoms with Crippen LogP contribution in [0.2, 0.25) is 5.02 Å². The predicted molar refractivity (Wildman–Crippen MR) is 137 cm³/mol. The standard InChI is InChI=1S/C25H24BrClN4O3/c1-15-12-18(27)7-11-22(15)34-14-23(32)29-31-24(16-4-8-19(9-5-16)30(2)3)28-21-10-6-17(26)13-20(21)25(31)33/h4-13,24,28H,14H2,1-3H3,(H,29,32). The zero-order valence-electron chi connectivity index (χ0n) is 18.9. The molecule has 9 heteroatoms. The van der Waals surface area contributed by atoms with Gasteiger partial charge >= 0.3 is 0 Å². The highest BCUT2D eigenvalue weighted by Crippen LogP contribution is 2.34. The van der Waals surface area contributed by atoms with Crippen molar-refractivity contribution in [1.29, 1.82) is 0 Å². The molecule has 0 bridgehead atoms. The zero-order chi connectivity index (χ0) is 24.4. The number of benzene rings is 3. The molecular weight excluding hydrogens is 520 g/mol. The lowest BCUT2D eigenvalue weighted by Gasteiger charge is -2.38. The van der Waals surface area contributed by atoms with Gasteiger partial charge in [0.25, 0.3) is 11.8 Å². The molecule has 1 aliphatic heterocycles. The molecule has 0 aromatic heterocycles. The van der Waals surface area contributed by atoms with E-state index in [-0.39, 0.29) is 12.5 Å². The van der Waals surface area contributed by atoms with E-state index < -0.39 is 12.1 Å². The van der Waals surface area contributed by atoms with E-state index in [1.54, 1.807) is 24.3 Å². The highest BCUT2D eigenvalue weighted by molar-refractivity contribution is 9.10. The molecule has 176 valence electrons. The van der Waals surface area contributed by atoms with Crippen molar-refractivity contribution in [3.05, 3.63) is 86.8 Å². The summed E-state index contributed by atoms with van der Waals surface area (Å²) in [4.78, 5) is 28.2. The van der Waals surface area contributed by atoms with Crippen LogP contribution < -0.4 is 20.4 Å². The highest BCUT2D eigenvalue weighted by Gasteiger charge is 2.34. The number of hydrazine groups is 1. The lowest BCUT2D eigenvalue weighted by Crippen LogP contribution is -2.53. The monoisotopic (exact) mass is 542 g/mol. The molecule has 3 aromatic carbocycles. The summed E-state index contributed by atoms with van der Waals surface area (Å²) >= 11 is 9.40. The van der Waals surface area contributed by atoms with Crippen LogP contribution in [0, 0.1) is 6.92 Å². The Hall–Kier alpha value is -3.23. The van der Waals surface area contributed by atoms with Gasteiger partial charge in [-0.3, -0.25) is 15.0 Å². The molecule has 0 saturated carbocycles. The first kappa shape index (κ1) is 23.9. The topological polar surface area (TPSA) is 73.9 Å². The number of hydrogen-bond donors (Lipinski definition) is 2. The van der Waals surface area contributed by atoms with Gasteiger partial charge in [0.1, 0.15) is 11.9 Å². The van der Waals surface area contributed by atoms with Crippen LogP contribution in [0.3, 0.4) is 0 Å². The van der Waals surface area contributed by atoms with Gasteiger partial charge in [-0.1, -0.05) is 39.7 Å². The molecule has 1 aliphatic rings. The average Bonchev–Trinajstić information content (AvgIpc) is 2.80. The van der Waals surface area contributed by atoms with Gasteiger partial charge in [-0.15, -0.1) is 0 Å². The van der Waals surface area contributed by atoms with Crippen LogP contribution in [-0.2, 0) is 4.79 Å². The van der Waals surface area contributed by atoms with E-state index in [2.05, 4.69) is 26.7 Å². The zero-order valence-corrected chi connectivity index (χ0v) is 21.3. The Labute approximate surface area is 211 Å². The number of anilines is 2. The Morgan fingerprint density at radius 1 is 1.15 bits per heavy atom. The molecule has 2 amide bonds. The quantitative estimate of drug-likeness (QED) is 0.450. The normalized spacial score (nSPS) is 14.8. The number of hydrogen-bond acceptors (Lipinski definition) is 5. The van der Waals surface area contributed by atoms with Gasteiger partial charge in [0, 0.05) is 35.0 Å². The predicted octanol–water partition coefficient (Wildman–Crippen LogP) is 5.15. The van der Waals surface area contributed by atoms with Crippen LogP contribution in [0.4, 0.5) is 11.4 Å². The smallest absolute Gasteiger partial charge is 0.276 e. The van der Waals surface area contributed by atoms with Gasteiger partial charge in [-0.25, -0.2) is 5.01 Å². The number of rotatable bonds is 6. The Balaban J connectivity index is 1.58. The molecule has 4 rings (SSSR count). The molecule has 2 N–H and O–H groups in total. The summed E-state index contributed by atoms with van der Waals surface area (Å²) in [5.74, 6) is -0.238. The molecule has 0 fully saturated rings. The molecule has 7 nitrogen and oxygen atoms in total. The van der Waals surface area contributed by atoms with Crippen molar-refractivity contribution in [3.63, 3.8) is 0 Å². The maximum atomic E-state index is 13.4. The Morgan fingerprint density at radius 2 is 1.88 bits per heavy atom. The number of nitrogens with one attached hydrogen (secondary N) is 2. The number of carbonyl (C=O) groups is 2. The third-order valence-electron chi connectivity index (χ3n) is 5.45. The largest absolute Gasteiger partial charge is 0.483 e. The van der Waals surface area contributed by atoms with Crippen LogP contribution in [-0.4, -0.2) is 37.5 Å². The number of amides is 2. The van der Waals surface area contributed by atoms with E-state index in [9.17, 15) is 9.59 Å². The minimum absolute atomic E-state index is 0.260. The average molecular weight is 544 g/mol. The van der Waals surface area contributed by atoms with Crippen LogP contribution in [0.15, 0.2) is 65.1 Å². The van der Waals surface area contributed by atoms with Crippen LogP contribution in [0.25, 0.3) is 0 Å². The Bertz CT molecular complexity index is 1230. The maximum absolute atomic E-state index is 13.4. The molecule has 34 heavy (non-hydrogen) atoms. The van der Waals surface area contributed by atoms with E-state index in [1.807, 2.05) is 62.3 Å². The van der Waals surface area contributed by atoms with Crippen molar-refractivity contribution in [2.45, 2.75) is 13.1 Å². The number of carbonyl (C=O) groups excluding carboxylic acids is 2. The minimum atomic E-state index is -0.599. The van der Waals surface area contributed by atoms with Gasteiger partial charge in [0.15, 0.2) is 6.61 Å². The minimum Gasteiger partial charge on any atom is -0.483 e. The molecule has 1 atom stereocenters. The van der Waals surface area contributed by atoms with Crippen molar-refractivity contribution >= 4 is 50.7 Å². The number of ether oxygens (including phenoxy) is 1. The van der Waals surface area contributed by atoms with E-state index >= 15 is 0 Å². The van der Waals surface area contributed by atoms with E-state index in [1.165, 1.54) is 5.01 Å². The van der Waals surface area contributed by atoms with Crippen molar-refractivity contribution in [1.82, 2.24) is 10.4 Å². The fraction of sp³-hybridized carbons (Fsp3) is 0.200. The van der Waals surface area contributed by atoms with Crippen LogP contribution in [0.5, 0.6) is 5.75 Å². The number of nitrogens with zero attached hydrogens (tertiary/aromatic N) is 2. The van der Waals surface area contributed by atoms with Gasteiger partial charge in [-0.2, -0.15) is 0 Å². The molecule has 1 heterocycles. The van der Waals surface area contributed by atoms with Crippen molar-refractivity contribution in [3.8, 4) is 5.75 Å². The summed E-state index contributed by atoms with van der Waals surface area (Å²) < 4.78 is 6.43. The van der Waals surface area contributed by atoms with E-state index in [0.717, 1.165) is 21.3 Å². The van der Waals surface area contributed by atoms with Crippen LogP contribution >= 0.6 is 27.5 Å². The summed E-state index contributed by atoms with van der Waals surface area (Å²) in [7, 11) is 3.92. The second-order valence-corrected chi connectivity index (χ2v) is 9.48. The third kappa shape index (κ3) is 5.13. The molecule has 1 unspecified atom stereocenters. The van der Waals surface area contributed by atoms with Gasteiger partial charge in [0.2, 0.25) is 0 Å².